The van der Waals surface area contributed by atoms with Gasteiger partial charge in [-0.05, 0) is 12.8 Å². The first-order valence-corrected chi connectivity index (χ1v) is 3.06. The molecule has 0 amide bonds. The van der Waals surface area contributed by atoms with E-state index in [4.69, 9.17) is 23.2 Å². The second-order valence-electron chi connectivity index (χ2n) is 1.36. The minimum Gasteiger partial charge on any atom is -0.230 e. The van der Waals surface area contributed by atoms with Crippen molar-refractivity contribution in [3.8, 4) is 0 Å². The summed E-state index contributed by atoms with van der Waals surface area (Å²) in [6.07, 6.45) is -0.0432. The second kappa shape index (κ2) is 4.33. The van der Waals surface area contributed by atoms with Crippen LogP contribution in [0.15, 0.2) is 0 Å². The molecule has 8 heavy (non-hydrogen) atoms. The number of hydrogen-bond donors (Lipinski definition) is 0. The molecule has 0 aliphatic carbocycles. The molecule has 0 aliphatic rings. The molecule has 0 spiro atoms. The van der Waals surface area contributed by atoms with E-state index in [1.807, 2.05) is 0 Å². The van der Waals surface area contributed by atoms with Crippen LogP contribution in [0.25, 0.3) is 0 Å². The minimum atomic E-state index is -1.47. The molecule has 0 aromatic carbocycles. The molecule has 0 nitrogen and oxygen atoms in total. The monoisotopic (exact) mass is 162 g/mol. The Morgan fingerprint density at radius 2 is 1.25 bits per heavy atom. The lowest BCUT2D eigenvalue weighted by atomic mass is 10.3. The van der Waals surface area contributed by atoms with Gasteiger partial charge in [-0.25, -0.2) is 8.78 Å². The van der Waals surface area contributed by atoms with Gasteiger partial charge in [0.1, 0.15) is 0 Å². The molecule has 2 unspecified atom stereocenters. The summed E-state index contributed by atoms with van der Waals surface area (Å²) in [4.78, 5) is 0. The number of alkyl halides is 4. The second-order valence-corrected chi connectivity index (χ2v) is 2.31. The molecule has 0 N–H and O–H groups in total. The van der Waals surface area contributed by atoms with Gasteiger partial charge in [0.15, 0.2) is 11.3 Å². The van der Waals surface area contributed by atoms with E-state index in [1.165, 1.54) is 0 Å². The van der Waals surface area contributed by atoms with E-state index in [9.17, 15) is 8.78 Å². The zero-order chi connectivity index (χ0) is 6.57. The van der Waals surface area contributed by atoms with Crippen LogP contribution in [0.2, 0.25) is 0 Å². The standard InChI is InChI=1S/C4H6Cl2F2/c5-3(7)1-2-4(6)8/h3-4H,1-2H2. The lowest BCUT2D eigenvalue weighted by Crippen LogP contribution is -1.94. The maximum absolute atomic E-state index is 11.6. The first kappa shape index (κ1) is 8.44. The van der Waals surface area contributed by atoms with E-state index in [1.54, 1.807) is 0 Å². The Kier molecular flexibility index (Phi) is 4.57. The molecule has 0 aromatic heterocycles. The molecular formula is C4H6Cl2F2. The quantitative estimate of drug-likeness (QED) is 0.561. The van der Waals surface area contributed by atoms with Crippen LogP contribution in [0.3, 0.4) is 0 Å². The van der Waals surface area contributed by atoms with Gasteiger partial charge in [-0.2, -0.15) is 0 Å². The normalized spacial score (nSPS) is 18.0. The molecule has 4 heteroatoms. The highest BCUT2D eigenvalue weighted by Crippen LogP contribution is 2.12. The van der Waals surface area contributed by atoms with Crippen molar-refractivity contribution >= 4 is 23.2 Å². The molecular weight excluding hydrogens is 157 g/mol. The molecule has 0 heterocycles. The van der Waals surface area contributed by atoms with Gasteiger partial charge < -0.3 is 0 Å². The fourth-order valence-electron chi connectivity index (χ4n) is 0.252. The first-order chi connectivity index (χ1) is 3.63. The fourth-order valence-corrected chi connectivity index (χ4v) is 0.504. The van der Waals surface area contributed by atoms with Crippen LogP contribution in [-0.4, -0.2) is 11.3 Å². The van der Waals surface area contributed by atoms with Crippen molar-refractivity contribution in [3.05, 3.63) is 0 Å². The van der Waals surface area contributed by atoms with Crippen molar-refractivity contribution in [2.24, 2.45) is 0 Å². The van der Waals surface area contributed by atoms with E-state index in [-0.39, 0.29) is 12.8 Å². The molecule has 0 aliphatic heterocycles. The SMILES string of the molecule is FC(Cl)CCC(F)Cl. The number of hydrogen-bond acceptors (Lipinski definition) is 0. The predicted octanol–water partition coefficient (Wildman–Crippen LogP) is 2.84. The molecule has 0 aromatic rings. The molecule has 0 radical (unpaired) electrons. The Hall–Kier alpha value is 0.440. The van der Waals surface area contributed by atoms with Gasteiger partial charge in [0.2, 0.25) is 0 Å². The number of halogens is 4. The van der Waals surface area contributed by atoms with Gasteiger partial charge in [0.25, 0.3) is 0 Å². The van der Waals surface area contributed by atoms with Crippen LogP contribution < -0.4 is 0 Å². The summed E-state index contributed by atoms with van der Waals surface area (Å²) in [7, 11) is 0. The first-order valence-electron chi connectivity index (χ1n) is 2.19. The van der Waals surface area contributed by atoms with Crippen LogP contribution >= 0.6 is 23.2 Å². The van der Waals surface area contributed by atoms with Crippen LogP contribution in [-0.2, 0) is 0 Å². The van der Waals surface area contributed by atoms with Gasteiger partial charge in [-0.15, -0.1) is 0 Å². The highest BCUT2D eigenvalue weighted by atomic mass is 35.5. The Labute approximate surface area is 56.8 Å². The summed E-state index contributed by atoms with van der Waals surface area (Å²) >= 11 is 9.66. The third kappa shape index (κ3) is 6.44. The molecule has 0 rings (SSSR count). The average Bonchev–Trinajstić information content (AvgIpc) is 1.61. The summed E-state index contributed by atoms with van der Waals surface area (Å²) in [5, 5.41) is 0. The summed E-state index contributed by atoms with van der Waals surface area (Å²) in [6, 6.07) is 0. The molecule has 0 saturated heterocycles. The van der Waals surface area contributed by atoms with E-state index in [2.05, 4.69) is 0 Å². The average molecular weight is 163 g/mol. The van der Waals surface area contributed by atoms with Crippen molar-refractivity contribution in [1.82, 2.24) is 0 Å². The Morgan fingerprint density at radius 1 is 1.00 bits per heavy atom. The maximum atomic E-state index is 11.6. The van der Waals surface area contributed by atoms with Crippen molar-refractivity contribution < 1.29 is 8.78 Å². The molecule has 0 saturated carbocycles. The van der Waals surface area contributed by atoms with Crippen molar-refractivity contribution in [1.29, 1.82) is 0 Å². The van der Waals surface area contributed by atoms with Gasteiger partial charge in [0, 0.05) is 0 Å². The molecule has 50 valence electrons. The van der Waals surface area contributed by atoms with E-state index >= 15 is 0 Å². The van der Waals surface area contributed by atoms with E-state index in [0.717, 1.165) is 0 Å². The molecule has 0 fully saturated rings. The van der Waals surface area contributed by atoms with Crippen LogP contribution in [0.5, 0.6) is 0 Å². The third-order valence-electron chi connectivity index (χ3n) is 0.603. The summed E-state index contributed by atoms with van der Waals surface area (Å²) < 4.78 is 23.2. The Balaban J connectivity index is 2.93. The van der Waals surface area contributed by atoms with Gasteiger partial charge in [-0.3, -0.25) is 0 Å². The van der Waals surface area contributed by atoms with Gasteiger partial charge in [-0.1, -0.05) is 23.2 Å². The van der Waals surface area contributed by atoms with Crippen molar-refractivity contribution in [2.45, 2.75) is 24.1 Å². The highest BCUT2D eigenvalue weighted by molar-refractivity contribution is 6.20. The largest absolute Gasteiger partial charge is 0.230 e. The smallest absolute Gasteiger partial charge is 0.173 e. The van der Waals surface area contributed by atoms with Crippen LogP contribution in [0.4, 0.5) is 8.78 Å². The van der Waals surface area contributed by atoms with E-state index < -0.39 is 11.3 Å². The highest BCUT2D eigenvalue weighted by Gasteiger charge is 2.05. The topological polar surface area (TPSA) is 0 Å². The van der Waals surface area contributed by atoms with Crippen molar-refractivity contribution in [2.75, 3.05) is 0 Å². The van der Waals surface area contributed by atoms with Crippen LogP contribution in [0.1, 0.15) is 12.8 Å². The number of rotatable bonds is 3. The van der Waals surface area contributed by atoms with Crippen molar-refractivity contribution in [3.63, 3.8) is 0 Å². The van der Waals surface area contributed by atoms with E-state index in [0.29, 0.717) is 0 Å². The zero-order valence-corrected chi connectivity index (χ0v) is 5.59. The summed E-state index contributed by atoms with van der Waals surface area (Å²) in [6.45, 7) is 0. The predicted molar refractivity (Wildman–Crippen MR) is 30.7 cm³/mol. The third-order valence-corrected chi connectivity index (χ3v) is 1.04. The lowest BCUT2D eigenvalue weighted by Gasteiger charge is -1.97. The van der Waals surface area contributed by atoms with Gasteiger partial charge in [0.05, 0.1) is 0 Å². The Bertz CT molecular complexity index is 48.0. The van der Waals surface area contributed by atoms with Gasteiger partial charge >= 0.3 is 0 Å². The minimum absolute atomic E-state index is 0.0216. The maximum Gasteiger partial charge on any atom is 0.173 e. The molecule has 0 bridgehead atoms. The Morgan fingerprint density at radius 3 is 1.38 bits per heavy atom. The summed E-state index contributed by atoms with van der Waals surface area (Å²) in [5.74, 6) is 0. The lowest BCUT2D eigenvalue weighted by molar-refractivity contribution is 0.354. The fraction of sp³-hybridized carbons (Fsp3) is 1.00. The van der Waals surface area contributed by atoms with Crippen LogP contribution in [0, 0.1) is 0 Å². The molecule has 2 atom stereocenters. The summed E-state index contributed by atoms with van der Waals surface area (Å²) in [5.41, 5.74) is -2.93. The zero-order valence-electron chi connectivity index (χ0n) is 4.08.